The van der Waals surface area contributed by atoms with Crippen molar-refractivity contribution in [2.24, 2.45) is 0 Å². The molecule has 11 rings (SSSR count). The molecule has 0 saturated heterocycles. The van der Waals surface area contributed by atoms with E-state index in [1.807, 2.05) is 18.3 Å². The van der Waals surface area contributed by atoms with Gasteiger partial charge in [0.05, 0.1) is 22.4 Å². The SMILES string of the molecule is Cc1cc(N(c2ccc3ccccc3c2)c2ccccn2)c2oc3c(-c4ccc5c6ccccc6n(-c6cccc7ccccc67)c5c4)cccc3c2c1. The first-order valence-corrected chi connectivity index (χ1v) is 18.4. The zero-order chi connectivity index (χ0) is 35.8. The Hall–Kier alpha value is -7.17. The van der Waals surface area contributed by atoms with Gasteiger partial charge in [-0.05, 0) is 88.8 Å². The van der Waals surface area contributed by atoms with Crippen LogP contribution in [0.5, 0.6) is 0 Å². The quantitative estimate of drug-likeness (QED) is 0.180. The highest BCUT2D eigenvalue weighted by molar-refractivity contribution is 6.15. The number of hydrogen-bond acceptors (Lipinski definition) is 3. The van der Waals surface area contributed by atoms with Gasteiger partial charge in [-0.1, -0.05) is 121 Å². The number of pyridine rings is 1. The zero-order valence-corrected chi connectivity index (χ0v) is 29.6. The summed E-state index contributed by atoms with van der Waals surface area (Å²) in [5, 5.41) is 9.43. The van der Waals surface area contributed by atoms with Crippen LogP contribution in [0.15, 0.2) is 187 Å². The molecule has 0 aliphatic heterocycles. The Morgan fingerprint density at radius 2 is 1.24 bits per heavy atom. The molecule has 0 radical (unpaired) electrons. The number of aromatic nitrogens is 2. The summed E-state index contributed by atoms with van der Waals surface area (Å²) in [5.74, 6) is 0.826. The van der Waals surface area contributed by atoms with E-state index in [0.717, 1.165) is 61.3 Å². The molecule has 0 fully saturated rings. The molecule has 254 valence electrons. The highest BCUT2D eigenvalue weighted by Crippen LogP contribution is 2.45. The normalized spacial score (nSPS) is 11.8. The maximum atomic E-state index is 7.10. The number of aryl methyl sites for hydroxylation is 1. The monoisotopic (exact) mass is 691 g/mol. The molecule has 3 aromatic heterocycles. The lowest BCUT2D eigenvalue weighted by molar-refractivity contribution is 0.670. The fraction of sp³-hybridized carbons (Fsp3) is 0.0200. The second-order valence-electron chi connectivity index (χ2n) is 14.1. The number of nitrogens with zero attached hydrogens (tertiary/aromatic N) is 3. The number of fused-ring (bicyclic) bond motifs is 8. The molecule has 54 heavy (non-hydrogen) atoms. The van der Waals surface area contributed by atoms with E-state index in [1.54, 1.807) is 0 Å². The third kappa shape index (κ3) is 4.67. The molecular weight excluding hydrogens is 659 g/mol. The van der Waals surface area contributed by atoms with E-state index in [-0.39, 0.29) is 0 Å². The van der Waals surface area contributed by atoms with Crippen LogP contribution in [0.2, 0.25) is 0 Å². The standard InChI is InChI=1S/C50H33N3O/c1-32-28-43-42-19-11-18-39(36-24-26-41-40-17-6-7-20-45(40)53(46(41)31-36)44-21-10-15-34-13-4-5-16-38(34)44)49(42)54-50(43)47(29-32)52(48-22-8-9-27-51-48)37-25-23-33-12-2-3-14-35(33)30-37/h2-31H,1H3. The summed E-state index contributed by atoms with van der Waals surface area (Å²) in [6.07, 6.45) is 1.85. The van der Waals surface area contributed by atoms with Crippen LogP contribution in [-0.4, -0.2) is 9.55 Å². The van der Waals surface area contributed by atoms with E-state index < -0.39 is 0 Å². The number of hydrogen-bond donors (Lipinski definition) is 0. The molecule has 3 heterocycles. The molecular formula is C50H33N3O. The van der Waals surface area contributed by atoms with Crippen LogP contribution >= 0.6 is 0 Å². The number of benzene rings is 8. The average molecular weight is 692 g/mol. The molecule has 8 aromatic carbocycles. The van der Waals surface area contributed by atoms with Crippen molar-refractivity contribution in [3.8, 4) is 16.8 Å². The Balaban J connectivity index is 1.15. The zero-order valence-electron chi connectivity index (χ0n) is 29.6. The van der Waals surface area contributed by atoms with E-state index >= 15 is 0 Å². The summed E-state index contributed by atoms with van der Waals surface area (Å²) in [5.41, 5.74) is 10.5. The van der Waals surface area contributed by atoms with Crippen molar-refractivity contribution in [1.29, 1.82) is 0 Å². The fourth-order valence-electron chi connectivity index (χ4n) is 8.41. The predicted molar refractivity (Wildman–Crippen MR) is 226 cm³/mol. The Morgan fingerprint density at radius 1 is 0.500 bits per heavy atom. The maximum absolute atomic E-state index is 7.10. The van der Waals surface area contributed by atoms with Gasteiger partial charge in [-0.25, -0.2) is 4.98 Å². The van der Waals surface area contributed by atoms with Gasteiger partial charge in [0.2, 0.25) is 0 Å². The smallest absolute Gasteiger partial charge is 0.159 e. The third-order valence-electron chi connectivity index (χ3n) is 10.8. The van der Waals surface area contributed by atoms with Gasteiger partial charge < -0.3 is 8.98 Å². The van der Waals surface area contributed by atoms with Gasteiger partial charge in [-0.15, -0.1) is 0 Å². The molecule has 0 N–H and O–H groups in total. The van der Waals surface area contributed by atoms with Crippen molar-refractivity contribution in [1.82, 2.24) is 9.55 Å². The second-order valence-corrected chi connectivity index (χ2v) is 14.1. The van der Waals surface area contributed by atoms with E-state index in [1.165, 1.54) is 43.5 Å². The van der Waals surface area contributed by atoms with Crippen LogP contribution in [0, 0.1) is 6.92 Å². The minimum atomic E-state index is 0.826. The van der Waals surface area contributed by atoms with Crippen molar-refractivity contribution >= 4 is 82.5 Å². The lowest BCUT2D eigenvalue weighted by Crippen LogP contribution is -2.12. The Kier molecular flexibility index (Phi) is 6.73. The molecule has 11 aromatic rings. The number of furan rings is 1. The van der Waals surface area contributed by atoms with E-state index in [0.29, 0.717) is 0 Å². The van der Waals surface area contributed by atoms with Crippen LogP contribution in [0.1, 0.15) is 5.56 Å². The van der Waals surface area contributed by atoms with Gasteiger partial charge in [0.25, 0.3) is 0 Å². The largest absolute Gasteiger partial charge is 0.453 e. The molecule has 4 heteroatoms. The summed E-state index contributed by atoms with van der Waals surface area (Å²) in [4.78, 5) is 7.07. The Morgan fingerprint density at radius 3 is 2.13 bits per heavy atom. The second kappa shape index (κ2) is 11.9. The topological polar surface area (TPSA) is 34.2 Å². The number of rotatable bonds is 5. The first kappa shape index (κ1) is 30.5. The van der Waals surface area contributed by atoms with E-state index in [2.05, 4.69) is 180 Å². The molecule has 0 aliphatic rings. The van der Waals surface area contributed by atoms with Crippen molar-refractivity contribution < 1.29 is 4.42 Å². The highest BCUT2D eigenvalue weighted by atomic mass is 16.3. The van der Waals surface area contributed by atoms with Gasteiger partial charge in [-0.3, -0.25) is 4.90 Å². The average Bonchev–Trinajstić information content (AvgIpc) is 3.76. The predicted octanol–water partition coefficient (Wildman–Crippen LogP) is 13.8. The van der Waals surface area contributed by atoms with Gasteiger partial charge in [0.15, 0.2) is 5.58 Å². The number of anilines is 3. The molecule has 0 aliphatic carbocycles. The molecule has 0 amide bonds. The van der Waals surface area contributed by atoms with Crippen LogP contribution < -0.4 is 4.90 Å². The van der Waals surface area contributed by atoms with Gasteiger partial charge in [0, 0.05) is 44.4 Å². The Labute approximate surface area is 311 Å². The van der Waals surface area contributed by atoms with Crippen molar-refractivity contribution in [3.05, 3.63) is 188 Å². The molecule has 0 atom stereocenters. The Bertz CT molecular complexity index is 3240. The van der Waals surface area contributed by atoms with Crippen LogP contribution in [-0.2, 0) is 0 Å². The van der Waals surface area contributed by atoms with E-state index in [4.69, 9.17) is 9.40 Å². The van der Waals surface area contributed by atoms with Crippen molar-refractivity contribution in [2.75, 3.05) is 4.90 Å². The van der Waals surface area contributed by atoms with Crippen molar-refractivity contribution in [3.63, 3.8) is 0 Å². The van der Waals surface area contributed by atoms with Crippen LogP contribution in [0.4, 0.5) is 17.2 Å². The third-order valence-corrected chi connectivity index (χ3v) is 10.8. The molecule has 4 nitrogen and oxygen atoms in total. The molecule has 0 bridgehead atoms. The first-order valence-electron chi connectivity index (χ1n) is 18.4. The minimum Gasteiger partial charge on any atom is -0.453 e. The van der Waals surface area contributed by atoms with Gasteiger partial charge >= 0.3 is 0 Å². The molecule has 0 unspecified atom stereocenters. The van der Waals surface area contributed by atoms with Gasteiger partial charge in [0.1, 0.15) is 11.4 Å². The van der Waals surface area contributed by atoms with Crippen LogP contribution in [0.25, 0.3) is 82.1 Å². The van der Waals surface area contributed by atoms with Crippen molar-refractivity contribution in [2.45, 2.75) is 6.92 Å². The van der Waals surface area contributed by atoms with E-state index in [9.17, 15) is 0 Å². The van der Waals surface area contributed by atoms with Gasteiger partial charge in [-0.2, -0.15) is 0 Å². The molecule has 0 saturated carbocycles. The van der Waals surface area contributed by atoms with Crippen LogP contribution in [0.3, 0.4) is 0 Å². The summed E-state index contributed by atoms with van der Waals surface area (Å²) in [6.45, 7) is 2.16. The summed E-state index contributed by atoms with van der Waals surface area (Å²) >= 11 is 0. The lowest BCUT2D eigenvalue weighted by Gasteiger charge is -2.25. The summed E-state index contributed by atoms with van der Waals surface area (Å²) in [6, 6.07) is 62.8. The molecule has 0 spiro atoms. The summed E-state index contributed by atoms with van der Waals surface area (Å²) in [7, 11) is 0. The lowest BCUT2D eigenvalue weighted by atomic mass is 10.00. The highest BCUT2D eigenvalue weighted by Gasteiger charge is 2.23. The minimum absolute atomic E-state index is 0.826. The maximum Gasteiger partial charge on any atom is 0.159 e. The fourth-order valence-corrected chi connectivity index (χ4v) is 8.41. The number of para-hydroxylation sites is 2. The first-order chi connectivity index (χ1) is 26.7. The summed E-state index contributed by atoms with van der Waals surface area (Å²) < 4.78 is 9.52.